The van der Waals surface area contributed by atoms with E-state index in [1.165, 1.54) is 0 Å². The Labute approximate surface area is 112 Å². The van der Waals surface area contributed by atoms with Crippen LogP contribution in [0.2, 0.25) is 0 Å². The van der Waals surface area contributed by atoms with Crippen molar-refractivity contribution < 1.29 is 0 Å². The molecule has 3 nitrogen and oxygen atoms in total. The molecular weight excluding hydrogens is 234 g/mol. The molecule has 0 aliphatic carbocycles. The van der Waals surface area contributed by atoms with E-state index < -0.39 is 0 Å². The minimum Gasteiger partial charge on any atom is -0.303 e. The molecule has 0 fully saturated rings. The summed E-state index contributed by atoms with van der Waals surface area (Å²) in [7, 11) is 0. The molecule has 0 saturated carbocycles. The van der Waals surface area contributed by atoms with Crippen LogP contribution in [0.5, 0.6) is 0 Å². The second-order valence-electron chi connectivity index (χ2n) is 4.65. The molecule has 3 aromatic rings. The van der Waals surface area contributed by atoms with Crippen LogP contribution in [0.3, 0.4) is 0 Å². The fourth-order valence-electron chi connectivity index (χ4n) is 2.23. The van der Waals surface area contributed by atoms with Crippen LogP contribution in [0.1, 0.15) is 24.0 Å². The van der Waals surface area contributed by atoms with Gasteiger partial charge in [-0.1, -0.05) is 18.7 Å². The third-order valence-corrected chi connectivity index (χ3v) is 3.11. The number of allylic oxidation sites excluding steroid dienone is 1. The monoisotopic (exact) mass is 249 g/mol. The van der Waals surface area contributed by atoms with Gasteiger partial charge in [0, 0.05) is 25.0 Å². The van der Waals surface area contributed by atoms with Gasteiger partial charge in [-0.3, -0.25) is 4.98 Å². The Morgan fingerprint density at radius 2 is 2.16 bits per heavy atom. The standard InChI is InChI=1S/C16H15N3/c1-12(2)16-14-7-3-4-9-19(14)15(18-16)10-13-6-5-8-17-11-13/h3-9,11H,1,10H2,2H3. The Bertz CT molecular complexity index is 726. The van der Waals surface area contributed by atoms with Crippen molar-refractivity contribution in [2.75, 3.05) is 0 Å². The number of aromatic nitrogens is 3. The summed E-state index contributed by atoms with van der Waals surface area (Å²) in [6.45, 7) is 6.00. The molecule has 3 heteroatoms. The molecule has 94 valence electrons. The van der Waals surface area contributed by atoms with E-state index in [9.17, 15) is 0 Å². The van der Waals surface area contributed by atoms with Crippen molar-refractivity contribution in [3.05, 3.63) is 72.6 Å². The zero-order valence-corrected chi connectivity index (χ0v) is 10.9. The normalized spacial score (nSPS) is 10.8. The molecule has 3 heterocycles. The molecule has 0 aliphatic rings. The number of rotatable bonds is 3. The first-order valence-electron chi connectivity index (χ1n) is 6.26. The highest BCUT2D eigenvalue weighted by molar-refractivity contribution is 5.73. The minimum absolute atomic E-state index is 0.770. The molecule has 0 bridgehead atoms. The highest BCUT2D eigenvalue weighted by atomic mass is 15.0. The largest absolute Gasteiger partial charge is 0.303 e. The van der Waals surface area contributed by atoms with E-state index in [0.717, 1.165) is 34.6 Å². The first kappa shape index (κ1) is 11.7. The maximum Gasteiger partial charge on any atom is 0.118 e. The van der Waals surface area contributed by atoms with Crippen LogP contribution in [-0.4, -0.2) is 14.4 Å². The Hall–Kier alpha value is -2.42. The van der Waals surface area contributed by atoms with E-state index in [4.69, 9.17) is 4.98 Å². The third kappa shape index (κ3) is 2.15. The summed E-state index contributed by atoms with van der Waals surface area (Å²) >= 11 is 0. The number of fused-ring (bicyclic) bond motifs is 1. The quantitative estimate of drug-likeness (QED) is 0.712. The second-order valence-corrected chi connectivity index (χ2v) is 4.65. The lowest BCUT2D eigenvalue weighted by atomic mass is 10.2. The Morgan fingerprint density at radius 1 is 1.26 bits per heavy atom. The Kier molecular flexibility index (Phi) is 2.88. The summed E-state index contributed by atoms with van der Waals surface area (Å²) in [6, 6.07) is 10.1. The highest BCUT2D eigenvalue weighted by Crippen LogP contribution is 2.20. The van der Waals surface area contributed by atoms with E-state index >= 15 is 0 Å². The fraction of sp³-hybridized carbons (Fsp3) is 0.125. The lowest BCUT2D eigenvalue weighted by molar-refractivity contribution is 0.953. The number of hydrogen-bond donors (Lipinski definition) is 0. The zero-order chi connectivity index (χ0) is 13.2. The predicted octanol–water partition coefficient (Wildman–Crippen LogP) is 3.35. The minimum atomic E-state index is 0.770. The smallest absolute Gasteiger partial charge is 0.118 e. The van der Waals surface area contributed by atoms with Gasteiger partial charge in [0.2, 0.25) is 0 Å². The van der Waals surface area contributed by atoms with Gasteiger partial charge in [0.25, 0.3) is 0 Å². The van der Waals surface area contributed by atoms with Crippen molar-refractivity contribution in [1.82, 2.24) is 14.4 Å². The predicted molar refractivity (Wildman–Crippen MR) is 76.9 cm³/mol. The summed E-state index contributed by atoms with van der Waals surface area (Å²) in [5.41, 5.74) is 4.22. The van der Waals surface area contributed by atoms with Crippen molar-refractivity contribution in [3.63, 3.8) is 0 Å². The van der Waals surface area contributed by atoms with Crippen LogP contribution in [-0.2, 0) is 6.42 Å². The zero-order valence-electron chi connectivity index (χ0n) is 10.9. The Morgan fingerprint density at radius 3 is 2.89 bits per heavy atom. The molecule has 0 atom stereocenters. The summed E-state index contributed by atoms with van der Waals surface area (Å²) in [5.74, 6) is 1.02. The van der Waals surface area contributed by atoms with Crippen molar-refractivity contribution in [3.8, 4) is 0 Å². The molecule has 3 rings (SSSR count). The van der Waals surface area contributed by atoms with Gasteiger partial charge in [-0.15, -0.1) is 0 Å². The van der Waals surface area contributed by atoms with Gasteiger partial charge in [-0.2, -0.15) is 0 Å². The van der Waals surface area contributed by atoms with Crippen LogP contribution < -0.4 is 0 Å². The molecule has 3 aromatic heterocycles. The van der Waals surface area contributed by atoms with E-state index in [0.29, 0.717) is 0 Å². The third-order valence-electron chi connectivity index (χ3n) is 3.11. The van der Waals surface area contributed by atoms with Gasteiger partial charge < -0.3 is 4.40 Å². The average Bonchev–Trinajstić information content (AvgIpc) is 2.79. The molecule has 0 unspecified atom stereocenters. The van der Waals surface area contributed by atoms with E-state index in [1.807, 2.05) is 37.5 Å². The summed E-state index contributed by atoms with van der Waals surface area (Å²) in [4.78, 5) is 8.87. The SMILES string of the molecule is C=C(C)c1nc(Cc2cccnc2)n2ccccc12. The van der Waals surface area contributed by atoms with Crippen molar-refractivity contribution in [2.24, 2.45) is 0 Å². The maximum absolute atomic E-state index is 4.72. The Balaban J connectivity index is 2.11. The van der Waals surface area contributed by atoms with Crippen LogP contribution in [0, 0.1) is 0 Å². The molecule has 0 aliphatic heterocycles. The van der Waals surface area contributed by atoms with Crippen molar-refractivity contribution in [1.29, 1.82) is 0 Å². The maximum atomic E-state index is 4.72. The van der Waals surface area contributed by atoms with Crippen LogP contribution in [0.25, 0.3) is 11.1 Å². The molecule has 0 radical (unpaired) electrons. The molecule has 0 saturated heterocycles. The van der Waals surface area contributed by atoms with E-state index in [2.05, 4.69) is 28.1 Å². The van der Waals surface area contributed by atoms with Crippen LogP contribution >= 0.6 is 0 Å². The van der Waals surface area contributed by atoms with Gasteiger partial charge >= 0.3 is 0 Å². The molecule has 0 spiro atoms. The first-order chi connectivity index (χ1) is 9.25. The van der Waals surface area contributed by atoms with Gasteiger partial charge in [0.15, 0.2) is 0 Å². The summed E-state index contributed by atoms with van der Waals surface area (Å²) in [6.07, 6.45) is 6.48. The topological polar surface area (TPSA) is 30.2 Å². The van der Waals surface area contributed by atoms with Crippen LogP contribution in [0.15, 0.2) is 55.5 Å². The average molecular weight is 249 g/mol. The van der Waals surface area contributed by atoms with Gasteiger partial charge in [0.1, 0.15) is 5.82 Å². The first-order valence-corrected chi connectivity index (χ1v) is 6.26. The van der Waals surface area contributed by atoms with Gasteiger partial charge in [-0.05, 0) is 36.3 Å². The van der Waals surface area contributed by atoms with E-state index in [-0.39, 0.29) is 0 Å². The second kappa shape index (κ2) is 4.69. The fourth-order valence-corrected chi connectivity index (χ4v) is 2.23. The number of nitrogens with zero attached hydrogens (tertiary/aromatic N) is 3. The number of imidazole rings is 1. The summed E-state index contributed by atoms with van der Waals surface area (Å²) < 4.78 is 2.12. The lowest BCUT2D eigenvalue weighted by Gasteiger charge is -2.00. The molecule has 19 heavy (non-hydrogen) atoms. The number of pyridine rings is 2. The van der Waals surface area contributed by atoms with Gasteiger partial charge in [0.05, 0.1) is 11.2 Å². The van der Waals surface area contributed by atoms with Crippen LogP contribution in [0.4, 0.5) is 0 Å². The molecule has 0 N–H and O–H groups in total. The lowest BCUT2D eigenvalue weighted by Crippen LogP contribution is -1.96. The summed E-state index contributed by atoms with van der Waals surface area (Å²) in [5, 5.41) is 0. The van der Waals surface area contributed by atoms with Crippen molar-refractivity contribution in [2.45, 2.75) is 13.3 Å². The van der Waals surface area contributed by atoms with E-state index in [1.54, 1.807) is 6.20 Å². The molecule has 0 amide bonds. The number of hydrogen-bond acceptors (Lipinski definition) is 2. The highest BCUT2D eigenvalue weighted by Gasteiger charge is 2.11. The molecular formula is C16H15N3. The van der Waals surface area contributed by atoms with Gasteiger partial charge in [-0.25, -0.2) is 4.98 Å². The molecule has 0 aromatic carbocycles. The van der Waals surface area contributed by atoms with Crippen molar-refractivity contribution >= 4 is 11.1 Å².